The van der Waals surface area contributed by atoms with E-state index in [-0.39, 0.29) is 12.2 Å². The Bertz CT molecular complexity index is 359. The third-order valence-corrected chi connectivity index (χ3v) is 8.29. The highest BCUT2D eigenvalue weighted by atomic mass is 32.2. The van der Waals surface area contributed by atoms with Crippen molar-refractivity contribution in [2.24, 2.45) is 0 Å². The molecular formula is C27H54O3S2. The Kier molecular flexibility index (Phi) is 26.1. The van der Waals surface area contributed by atoms with Crippen molar-refractivity contribution < 1.29 is 15.0 Å². The molecule has 0 saturated heterocycles. The van der Waals surface area contributed by atoms with Gasteiger partial charge in [-0.15, -0.1) is 0 Å². The summed E-state index contributed by atoms with van der Waals surface area (Å²) in [5.74, 6) is 4.33. The third kappa shape index (κ3) is 24.9. The molecule has 5 heteroatoms. The summed E-state index contributed by atoms with van der Waals surface area (Å²) in [7, 11) is 0. The highest BCUT2D eigenvalue weighted by Crippen LogP contribution is 2.15. The van der Waals surface area contributed by atoms with Crippen LogP contribution in [0.3, 0.4) is 0 Å². The van der Waals surface area contributed by atoms with E-state index < -0.39 is 0 Å². The quantitative estimate of drug-likeness (QED) is 0.121. The molecule has 3 nitrogen and oxygen atoms in total. The van der Waals surface area contributed by atoms with Crippen molar-refractivity contribution in [3.63, 3.8) is 0 Å². The Morgan fingerprint density at radius 1 is 0.594 bits per heavy atom. The van der Waals surface area contributed by atoms with E-state index in [1.807, 2.05) is 23.5 Å². The molecule has 0 saturated carbocycles. The van der Waals surface area contributed by atoms with Crippen molar-refractivity contribution in [3.8, 4) is 0 Å². The molecule has 0 aliphatic heterocycles. The van der Waals surface area contributed by atoms with Gasteiger partial charge in [-0.05, 0) is 50.0 Å². The fraction of sp³-hybridized carbons (Fsp3) is 0.963. The predicted molar refractivity (Wildman–Crippen MR) is 146 cm³/mol. The number of aliphatic hydroxyl groups is 2. The van der Waals surface area contributed by atoms with Crippen LogP contribution < -0.4 is 0 Å². The number of carbonyl (C=O) groups excluding carboxylic acids is 1. The van der Waals surface area contributed by atoms with Crippen LogP contribution in [0, 0.1) is 0 Å². The molecule has 2 N–H and O–H groups in total. The predicted octanol–water partition coefficient (Wildman–Crippen LogP) is 7.81. The van der Waals surface area contributed by atoms with Gasteiger partial charge in [0.1, 0.15) is 5.78 Å². The van der Waals surface area contributed by atoms with E-state index in [4.69, 9.17) is 0 Å². The van der Waals surface area contributed by atoms with E-state index in [9.17, 15) is 15.0 Å². The molecular weight excluding hydrogens is 436 g/mol. The fourth-order valence-corrected chi connectivity index (χ4v) is 5.78. The van der Waals surface area contributed by atoms with Crippen LogP contribution in [-0.4, -0.2) is 51.2 Å². The normalized spacial score (nSPS) is 13.4. The van der Waals surface area contributed by atoms with Gasteiger partial charge in [0.15, 0.2) is 0 Å². The van der Waals surface area contributed by atoms with Crippen molar-refractivity contribution in [3.05, 3.63) is 0 Å². The second-order valence-electron chi connectivity index (χ2n) is 9.32. The number of unbranched alkanes of at least 4 members (excludes halogenated alkanes) is 10. The molecule has 0 amide bonds. The zero-order valence-corrected chi connectivity index (χ0v) is 23.0. The van der Waals surface area contributed by atoms with Crippen molar-refractivity contribution in [2.75, 3.05) is 23.0 Å². The van der Waals surface area contributed by atoms with Crippen molar-refractivity contribution in [1.82, 2.24) is 0 Å². The molecule has 0 aliphatic carbocycles. The largest absolute Gasteiger partial charge is 0.392 e. The molecule has 0 fully saturated rings. The Balaban J connectivity index is 3.39. The highest BCUT2D eigenvalue weighted by Gasteiger charge is 2.08. The Morgan fingerprint density at radius 2 is 1.00 bits per heavy atom. The summed E-state index contributed by atoms with van der Waals surface area (Å²) in [4.78, 5) is 12.0. The topological polar surface area (TPSA) is 57.5 Å². The first-order chi connectivity index (χ1) is 15.6. The number of ketones is 1. The van der Waals surface area contributed by atoms with Crippen LogP contribution in [0.15, 0.2) is 0 Å². The van der Waals surface area contributed by atoms with Crippen molar-refractivity contribution in [1.29, 1.82) is 0 Å². The highest BCUT2D eigenvalue weighted by molar-refractivity contribution is 7.99. The lowest BCUT2D eigenvalue weighted by Crippen LogP contribution is -2.11. The third-order valence-electron chi connectivity index (χ3n) is 5.89. The van der Waals surface area contributed by atoms with E-state index in [2.05, 4.69) is 13.8 Å². The first-order valence-electron chi connectivity index (χ1n) is 13.6. The summed E-state index contributed by atoms with van der Waals surface area (Å²) in [6, 6.07) is 0. The van der Waals surface area contributed by atoms with E-state index in [1.165, 1.54) is 64.2 Å². The zero-order valence-electron chi connectivity index (χ0n) is 21.3. The smallest absolute Gasteiger partial charge is 0.132 e. The number of carbonyl (C=O) groups is 1. The van der Waals surface area contributed by atoms with Crippen LogP contribution in [0.1, 0.15) is 129 Å². The number of hydrogen-bond acceptors (Lipinski definition) is 5. The molecule has 2 unspecified atom stereocenters. The van der Waals surface area contributed by atoms with Crippen LogP contribution >= 0.6 is 23.5 Å². The second-order valence-corrected chi connectivity index (χ2v) is 11.6. The van der Waals surface area contributed by atoms with E-state index in [0.717, 1.165) is 61.5 Å². The van der Waals surface area contributed by atoms with Crippen molar-refractivity contribution in [2.45, 2.75) is 142 Å². The van der Waals surface area contributed by atoms with Crippen LogP contribution in [0.25, 0.3) is 0 Å². The minimum Gasteiger partial charge on any atom is -0.392 e. The molecule has 0 rings (SSSR count). The fourth-order valence-electron chi connectivity index (χ4n) is 3.75. The van der Waals surface area contributed by atoms with Gasteiger partial charge < -0.3 is 10.2 Å². The van der Waals surface area contributed by atoms with Gasteiger partial charge in [-0.3, -0.25) is 4.79 Å². The second kappa shape index (κ2) is 25.9. The number of Topliss-reactive ketones (excluding diaryl/α,β-unsaturated/α-hetero) is 1. The molecule has 0 aromatic rings. The molecule has 0 aromatic heterocycles. The molecule has 0 spiro atoms. The minimum atomic E-state index is -0.221. The van der Waals surface area contributed by atoms with E-state index >= 15 is 0 Å². The first-order valence-corrected chi connectivity index (χ1v) is 15.9. The first kappa shape index (κ1) is 32.3. The van der Waals surface area contributed by atoms with Gasteiger partial charge in [0.05, 0.1) is 12.2 Å². The molecule has 0 aliphatic rings. The average Bonchev–Trinajstić information content (AvgIpc) is 2.78. The number of aliphatic hydroxyl groups excluding tert-OH is 2. The maximum absolute atomic E-state index is 12.0. The molecule has 2 atom stereocenters. The monoisotopic (exact) mass is 490 g/mol. The molecule has 0 heterocycles. The summed E-state index contributed by atoms with van der Waals surface area (Å²) >= 11 is 3.74. The van der Waals surface area contributed by atoms with Gasteiger partial charge in [0.25, 0.3) is 0 Å². The van der Waals surface area contributed by atoms with Gasteiger partial charge in [-0.1, -0.05) is 78.1 Å². The Hall–Kier alpha value is 0.290. The summed E-state index contributed by atoms with van der Waals surface area (Å²) in [6.45, 7) is 4.48. The minimum absolute atomic E-state index is 0.221. The molecule has 0 aromatic carbocycles. The van der Waals surface area contributed by atoms with Gasteiger partial charge in [0.2, 0.25) is 0 Å². The van der Waals surface area contributed by atoms with Crippen LogP contribution in [0.5, 0.6) is 0 Å². The molecule has 0 bridgehead atoms. The zero-order chi connectivity index (χ0) is 23.7. The lowest BCUT2D eigenvalue weighted by atomic mass is 10.0. The number of hydrogen-bond donors (Lipinski definition) is 2. The van der Waals surface area contributed by atoms with Crippen molar-refractivity contribution >= 4 is 29.3 Å². The van der Waals surface area contributed by atoms with Crippen LogP contribution in [-0.2, 0) is 4.79 Å². The summed E-state index contributed by atoms with van der Waals surface area (Å²) in [6.07, 6.45) is 19.3. The maximum atomic E-state index is 12.0. The Labute approximate surface area is 208 Å². The summed E-state index contributed by atoms with van der Waals surface area (Å²) < 4.78 is 0. The summed E-state index contributed by atoms with van der Waals surface area (Å²) in [5.41, 5.74) is 0. The number of thioether (sulfide) groups is 2. The molecule has 0 radical (unpaired) electrons. The van der Waals surface area contributed by atoms with Gasteiger partial charge in [0, 0.05) is 24.3 Å². The van der Waals surface area contributed by atoms with Crippen LogP contribution in [0.4, 0.5) is 0 Å². The van der Waals surface area contributed by atoms with Gasteiger partial charge in [-0.25, -0.2) is 0 Å². The van der Waals surface area contributed by atoms with E-state index in [0.29, 0.717) is 18.6 Å². The molecule has 32 heavy (non-hydrogen) atoms. The van der Waals surface area contributed by atoms with E-state index in [1.54, 1.807) is 0 Å². The average molecular weight is 491 g/mol. The summed E-state index contributed by atoms with van der Waals surface area (Å²) in [5, 5.41) is 20.2. The standard InChI is InChI=1S/C27H54O3S2/c1-3-5-7-9-15-21-31-23-26(29)19-13-11-17-25(28)18-12-14-20-27(30)24-32-22-16-10-8-6-4-2/h26-27,29-30H,3-24H2,1-2H3. The SMILES string of the molecule is CCCCCCCSCC(O)CCCCC(=O)CCCCC(O)CSCCCCCCC. The van der Waals surface area contributed by atoms with Gasteiger partial charge in [-0.2, -0.15) is 23.5 Å². The lowest BCUT2D eigenvalue weighted by Gasteiger charge is -2.11. The molecule has 192 valence electrons. The lowest BCUT2D eigenvalue weighted by molar-refractivity contribution is -0.119. The van der Waals surface area contributed by atoms with Crippen LogP contribution in [0.2, 0.25) is 0 Å². The Morgan fingerprint density at radius 3 is 1.41 bits per heavy atom. The van der Waals surface area contributed by atoms with Gasteiger partial charge >= 0.3 is 0 Å². The number of rotatable bonds is 26. The maximum Gasteiger partial charge on any atom is 0.132 e.